The van der Waals surface area contributed by atoms with Crippen LogP contribution in [-0.4, -0.2) is 35.0 Å². The summed E-state index contributed by atoms with van der Waals surface area (Å²) in [5, 5.41) is 9.59. The minimum atomic E-state index is -1.06. The third-order valence-corrected chi connectivity index (χ3v) is 2.89. The summed E-state index contributed by atoms with van der Waals surface area (Å²) in [5.74, 6) is -1.67. The normalized spacial score (nSPS) is 10.6. The molecule has 18 heavy (non-hydrogen) atoms. The van der Waals surface area contributed by atoms with Gasteiger partial charge in [-0.25, -0.2) is 0 Å². The molecule has 0 fully saturated rings. The fourth-order valence-corrected chi connectivity index (χ4v) is 2.00. The van der Waals surface area contributed by atoms with E-state index in [2.05, 4.69) is 0 Å². The highest BCUT2D eigenvalue weighted by molar-refractivity contribution is 6.35. The number of nitrogens with two attached hydrogens (primary N) is 1. The summed E-state index contributed by atoms with van der Waals surface area (Å²) < 4.78 is 0. The van der Waals surface area contributed by atoms with Crippen LogP contribution in [0.15, 0.2) is 18.2 Å². The van der Waals surface area contributed by atoms with Crippen molar-refractivity contribution in [3.8, 4) is 0 Å². The number of amides is 1. The minimum absolute atomic E-state index is 0.147. The number of rotatable bonds is 6. The zero-order valence-corrected chi connectivity index (χ0v) is 10.9. The molecule has 5 nitrogen and oxygen atoms in total. The van der Waals surface area contributed by atoms with E-state index in [1.807, 2.05) is 0 Å². The van der Waals surface area contributed by atoms with Crippen LogP contribution < -0.4 is 5.73 Å². The number of nitrogens with zero attached hydrogens (tertiary/aromatic N) is 1. The Kier molecular flexibility index (Phi) is 5.40. The van der Waals surface area contributed by atoms with Crippen molar-refractivity contribution in [2.75, 3.05) is 13.1 Å². The van der Waals surface area contributed by atoms with Gasteiger partial charge in [-0.15, -0.1) is 0 Å². The van der Waals surface area contributed by atoms with Gasteiger partial charge in [0.15, 0.2) is 0 Å². The molecule has 0 aliphatic carbocycles. The molecule has 98 valence electrons. The molecule has 0 saturated heterocycles. The van der Waals surface area contributed by atoms with Crippen LogP contribution in [0.2, 0.25) is 10.0 Å². The Bertz CT molecular complexity index is 429. The van der Waals surface area contributed by atoms with Gasteiger partial charge in [0.05, 0.1) is 13.1 Å². The molecule has 0 radical (unpaired) electrons. The zero-order valence-electron chi connectivity index (χ0n) is 9.40. The summed E-state index contributed by atoms with van der Waals surface area (Å²) in [6, 6.07) is 4.97. The van der Waals surface area contributed by atoms with Gasteiger partial charge in [-0.05, 0) is 12.1 Å². The summed E-state index contributed by atoms with van der Waals surface area (Å²) in [5.41, 5.74) is 5.63. The Labute approximate surface area is 114 Å². The SMILES string of the molecule is NC(=O)CN(CC(=O)O)Cc1c(Cl)cccc1Cl. The van der Waals surface area contributed by atoms with Gasteiger partial charge in [0.2, 0.25) is 5.91 Å². The van der Waals surface area contributed by atoms with Crippen molar-refractivity contribution in [2.45, 2.75) is 6.54 Å². The highest BCUT2D eigenvalue weighted by Crippen LogP contribution is 2.25. The maximum atomic E-state index is 10.9. The molecular formula is C11H12Cl2N2O3. The van der Waals surface area contributed by atoms with Gasteiger partial charge in [-0.3, -0.25) is 14.5 Å². The first-order valence-corrected chi connectivity index (χ1v) is 5.81. The Morgan fingerprint density at radius 2 is 1.78 bits per heavy atom. The van der Waals surface area contributed by atoms with Gasteiger partial charge in [0.1, 0.15) is 0 Å². The fraction of sp³-hybridized carbons (Fsp3) is 0.273. The molecule has 1 aromatic rings. The Balaban J connectivity index is 2.88. The van der Waals surface area contributed by atoms with Crippen molar-refractivity contribution in [3.05, 3.63) is 33.8 Å². The van der Waals surface area contributed by atoms with Crippen LogP contribution in [0.4, 0.5) is 0 Å². The molecule has 0 unspecified atom stereocenters. The molecule has 1 aromatic carbocycles. The maximum Gasteiger partial charge on any atom is 0.317 e. The van der Waals surface area contributed by atoms with Gasteiger partial charge in [-0.1, -0.05) is 29.3 Å². The van der Waals surface area contributed by atoms with Crippen LogP contribution >= 0.6 is 23.2 Å². The Morgan fingerprint density at radius 1 is 1.22 bits per heavy atom. The lowest BCUT2D eigenvalue weighted by Gasteiger charge is -2.19. The second-order valence-corrected chi connectivity index (χ2v) is 4.52. The fourth-order valence-electron chi connectivity index (χ4n) is 1.49. The number of hydrogen-bond acceptors (Lipinski definition) is 3. The number of carboxylic acids is 1. The number of benzene rings is 1. The largest absolute Gasteiger partial charge is 0.480 e. The van der Waals surface area contributed by atoms with Gasteiger partial charge >= 0.3 is 5.97 Å². The molecule has 3 N–H and O–H groups in total. The topological polar surface area (TPSA) is 83.6 Å². The molecule has 0 heterocycles. The van der Waals surface area contributed by atoms with Crippen molar-refractivity contribution in [3.63, 3.8) is 0 Å². The van der Waals surface area contributed by atoms with E-state index in [9.17, 15) is 9.59 Å². The molecule has 1 rings (SSSR count). The summed E-state index contributed by atoms with van der Waals surface area (Å²) in [7, 11) is 0. The van der Waals surface area contributed by atoms with E-state index in [-0.39, 0.29) is 19.6 Å². The van der Waals surface area contributed by atoms with Crippen molar-refractivity contribution in [1.29, 1.82) is 0 Å². The number of carboxylic acid groups (broad SMARTS) is 1. The molecule has 0 aromatic heterocycles. The van der Waals surface area contributed by atoms with Crippen LogP contribution in [0.5, 0.6) is 0 Å². The molecule has 0 saturated carbocycles. The monoisotopic (exact) mass is 290 g/mol. The predicted molar refractivity (Wildman–Crippen MR) is 68.6 cm³/mol. The predicted octanol–water partition coefficient (Wildman–Crippen LogP) is 1.37. The minimum Gasteiger partial charge on any atom is -0.480 e. The second kappa shape index (κ2) is 6.58. The van der Waals surface area contributed by atoms with Crippen LogP contribution in [-0.2, 0) is 16.1 Å². The first-order chi connectivity index (χ1) is 8.40. The van der Waals surface area contributed by atoms with Crippen LogP contribution in [0.25, 0.3) is 0 Å². The first kappa shape index (κ1) is 14.8. The van der Waals surface area contributed by atoms with Crippen molar-refractivity contribution in [2.24, 2.45) is 5.73 Å². The molecule has 7 heteroatoms. The number of carbonyl (C=O) groups excluding carboxylic acids is 1. The van der Waals surface area contributed by atoms with Crippen LogP contribution in [0, 0.1) is 0 Å². The second-order valence-electron chi connectivity index (χ2n) is 3.71. The third-order valence-electron chi connectivity index (χ3n) is 2.18. The van der Waals surface area contributed by atoms with E-state index in [1.165, 1.54) is 4.90 Å². The lowest BCUT2D eigenvalue weighted by molar-refractivity contribution is -0.138. The van der Waals surface area contributed by atoms with Gasteiger partial charge in [-0.2, -0.15) is 0 Å². The molecule has 0 spiro atoms. The van der Waals surface area contributed by atoms with E-state index < -0.39 is 11.9 Å². The lowest BCUT2D eigenvalue weighted by atomic mass is 10.2. The number of hydrogen-bond donors (Lipinski definition) is 2. The van der Waals surface area contributed by atoms with Crippen molar-refractivity contribution >= 4 is 35.1 Å². The summed E-state index contributed by atoms with van der Waals surface area (Å²) in [4.78, 5) is 22.9. The lowest BCUT2D eigenvalue weighted by Crippen LogP contribution is -2.37. The quantitative estimate of drug-likeness (QED) is 0.829. The third kappa shape index (κ3) is 4.52. The van der Waals surface area contributed by atoms with Crippen LogP contribution in [0.3, 0.4) is 0 Å². The van der Waals surface area contributed by atoms with Crippen molar-refractivity contribution in [1.82, 2.24) is 4.90 Å². The average molecular weight is 291 g/mol. The van der Waals surface area contributed by atoms with E-state index in [0.29, 0.717) is 15.6 Å². The maximum absolute atomic E-state index is 10.9. The van der Waals surface area contributed by atoms with Crippen molar-refractivity contribution < 1.29 is 14.7 Å². The Morgan fingerprint density at radius 3 is 2.22 bits per heavy atom. The summed E-state index contributed by atoms with van der Waals surface area (Å²) in [6.45, 7) is -0.341. The zero-order chi connectivity index (χ0) is 13.7. The highest BCUT2D eigenvalue weighted by Gasteiger charge is 2.16. The average Bonchev–Trinajstić information content (AvgIpc) is 2.21. The first-order valence-electron chi connectivity index (χ1n) is 5.05. The summed E-state index contributed by atoms with van der Waals surface area (Å²) in [6.07, 6.45) is 0. The molecule has 0 aliphatic rings. The van der Waals surface area contributed by atoms with E-state index in [0.717, 1.165) is 0 Å². The smallest absolute Gasteiger partial charge is 0.317 e. The number of carbonyl (C=O) groups is 2. The number of halogens is 2. The molecule has 0 atom stereocenters. The van der Waals surface area contributed by atoms with Crippen LogP contribution in [0.1, 0.15) is 5.56 Å². The highest BCUT2D eigenvalue weighted by atomic mass is 35.5. The number of aliphatic carboxylic acids is 1. The van der Waals surface area contributed by atoms with Gasteiger partial charge in [0.25, 0.3) is 0 Å². The molecule has 0 aliphatic heterocycles. The van der Waals surface area contributed by atoms with Gasteiger partial charge in [0, 0.05) is 22.2 Å². The molecule has 1 amide bonds. The standard InChI is InChI=1S/C11H12Cl2N2O3/c12-8-2-1-3-9(13)7(8)4-15(5-10(14)16)6-11(17)18/h1-3H,4-6H2,(H2,14,16)(H,17,18). The van der Waals surface area contributed by atoms with Gasteiger partial charge < -0.3 is 10.8 Å². The van der Waals surface area contributed by atoms with E-state index in [1.54, 1.807) is 18.2 Å². The molecule has 0 bridgehead atoms. The summed E-state index contributed by atoms with van der Waals surface area (Å²) >= 11 is 11.9. The molecular weight excluding hydrogens is 279 g/mol. The number of primary amides is 1. The Hall–Kier alpha value is -1.30. The van der Waals surface area contributed by atoms with E-state index in [4.69, 9.17) is 34.0 Å². The van der Waals surface area contributed by atoms with E-state index >= 15 is 0 Å².